The Hall–Kier alpha value is -2.79. The lowest BCUT2D eigenvalue weighted by Crippen LogP contribution is -2.48. The van der Waals surface area contributed by atoms with Crippen LogP contribution < -0.4 is 15.4 Å². The van der Waals surface area contributed by atoms with Gasteiger partial charge in [-0.15, -0.1) is 10.5 Å². The van der Waals surface area contributed by atoms with Gasteiger partial charge in [-0.1, -0.05) is 52.3 Å². The maximum absolute atomic E-state index is 4.75. The molecule has 0 aliphatic carbocycles. The smallest absolute Gasteiger partial charge is 0.199 e. The van der Waals surface area contributed by atoms with Crippen molar-refractivity contribution >= 4 is 33.1 Å². The van der Waals surface area contributed by atoms with Gasteiger partial charge in [0.1, 0.15) is 6.67 Å². The predicted molar refractivity (Wildman–Crippen MR) is 106 cm³/mol. The third kappa shape index (κ3) is 3.51. The molecule has 1 aliphatic rings. The maximum atomic E-state index is 4.75. The molecule has 5 heteroatoms. The second-order valence-corrected chi connectivity index (χ2v) is 6.56. The number of nitrogens with zero attached hydrogens (tertiary/aromatic N) is 4. The van der Waals surface area contributed by atoms with Crippen LogP contribution in [0.2, 0.25) is 0 Å². The van der Waals surface area contributed by atoms with Gasteiger partial charge in [0.05, 0.1) is 11.4 Å². The molecule has 3 aromatic carbocycles. The zero-order valence-corrected chi connectivity index (χ0v) is 15.0. The van der Waals surface area contributed by atoms with Crippen molar-refractivity contribution in [2.45, 2.75) is 0 Å². The zero-order valence-electron chi connectivity index (χ0n) is 13.5. The molecule has 1 aliphatic heterocycles. The zero-order chi connectivity index (χ0) is 17.1. The summed E-state index contributed by atoms with van der Waals surface area (Å²) in [6, 6.07) is 28.3. The summed E-state index contributed by atoms with van der Waals surface area (Å²) in [7, 11) is 0. The summed E-state index contributed by atoms with van der Waals surface area (Å²) in [6.45, 7) is 0.564. The molecule has 1 radical (unpaired) electrons. The van der Waals surface area contributed by atoms with Crippen LogP contribution in [0.25, 0.3) is 0 Å². The fraction of sp³-hybridized carbons (Fsp3) is 0.0500. The number of rotatable bonds is 3. The Kier molecular flexibility index (Phi) is 4.39. The molecule has 0 fully saturated rings. The van der Waals surface area contributed by atoms with Gasteiger partial charge in [0.15, 0.2) is 5.84 Å². The summed E-state index contributed by atoms with van der Waals surface area (Å²) in [6.07, 6.45) is 0. The molecule has 4 nitrogen and oxygen atoms in total. The minimum Gasteiger partial charge on any atom is -0.242 e. The first-order valence-electron chi connectivity index (χ1n) is 8.01. The summed E-state index contributed by atoms with van der Waals surface area (Å²) < 4.78 is 1.03. The van der Waals surface area contributed by atoms with E-state index in [1.165, 1.54) is 0 Å². The number of halogens is 1. The Morgan fingerprint density at radius 1 is 0.680 bits per heavy atom. The summed E-state index contributed by atoms with van der Waals surface area (Å²) in [5.74, 6) is 0.687. The summed E-state index contributed by atoms with van der Waals surface area (Å²) in [5.41, 5.74) is 7.80. The van der Waals surface area contributed by atoms with Crippen molar-refractivity contribution in [3.05, 3.63) is 95.0 Å². The monoisotopic (exact) mass is 391 g/mol. The Bertz CT molecular complexity index is 863. The normalized spacial score (nSPS) is 14.0. The van der Waals surface area contributed by atoms with Crippen LogP contribution in [0, 0.1) is 0 Å². The van der Waals surface area contributed by atoms with Gasteiger partial charge in [0.2, 0.25) is 0 Å². The molecular formula is C20H16BrN4. The van der Waals surface area contributed by atoms with Crippen molar-refractivity contribution in [1.82, 2.24) is 5.43 Å². The van der Waals surface area contributed by atoms with Gasteiger partial charge in [-0.2, -0.15) is 0 Å². The molecule has 0 N–H and O–H groups in total. The number of anilines is 2. The molecule has 123 valence electrons. The first-order chi connectivity index (χ1) is 12.3. The molecule has 0 bridgehead atoms. The predicted octanol–water partition coefficient (Wildman–Crippen LogP) is 4.61. The second kappa shape index (κ2) is 6.99. The molecule has 3 aromatic rings. The Morgan fingerprint density at radius 3 is 1.84 bits per heavy atom. The van der Waals surface area contributed by atoms with Gasteiger partial charge in [0, 0.05) is 10.0 Å². The van der Waals surface area contributed by atoms with E-state index < -0.39 is 0 Å². The van der Waals surface area contributed by atoms with Crippen molar-refractivity contribution in [2.75, 3.05) is 16.7 Å². The molecule has 0 unspecified atom stereocenters. The second-order valence-electron chi connectivity index (χ2n) is 5.64. The van der Waals surface area contributed by atoms with Crippen LogP contribution in [0.1, 0.15) is 5.56 Å². The molecule has 25 heavy (non-hydrogen) atoms. The first-order valence-corrected chi connectivity index (χ1v) is 8.80. The van der Waals surface area contributed by atoms with Crippen LogP contribution in [-0.4, -0.2) is 12.5 Å². The van der Waals surface area contributed by atoms with Crippen molar-refractivity contribution in [3.8, 4) is 0 Å². The quantitative estimate of drug-likeness (QED) is 0.652. The minimum atomic E-state index is 0.564. The summed E-state index contributed by atoms with van der Waals surface area (Å²) in [4.78, 5) is 0. The van der Waals surface area contributed by atoms with Gasteiger partial charge < -0.3 is 0 Å². The molecule has 1 heterocycles. The van der Waals surface area contributed by atoms with Crippen molar-refractivity contribution in [1.29, 1.82) is 0 Å². The third-order valence-electron chi connectivity index (χ3n) is 3.91. The first kappa shape index (κ1) is 15.7. The average molecular weight is 392 g/mol. The highest BCUT2D eigenvalue weighted by Crippen LogP contribution is 2.22. The number of hydrogen-bond donors (Lipinski definition) is 0. The molecule has 0 amide bonds. The number of benzene rings is 3. The highest BCUT2D eigenvalue weighted by Gasteiger charge is 2.23. The Balaban J connectivity index is 1.73. The van der Waals surface area contributed by atoms with E-state index >= 15 is 0 Å². The molecule has 0 aromatic heterocycles. The minimum absolute atomic E-state index is 0.564. The average Bonchev–Trinajstić information content (AvgIpc) is 2.69. The lowest BCUT2D eigenvalue weighted by molar-refractivity contribution is 0.671. The molecule has 0 saturated carbocycles. The SMILES string of the molecule is Brc1ccc(C2=NN(c3ccccc3)CN(c3ccccc3)[N]2)cc1. The topological polar surface area (TPSA) is 32.9 Å². The fourth-order valence-corrected chi connectivity index (χ4v) is 2.90. The molecule has 4 rings (SSSR count). The largest absolute Gasteiger partial charge is 0.242 e. The van der Waals surface area contributed by atoms with Crippen LogP contribution >= 0.6 is 15.9 Å². The van der Waals surface area contributed by atoms with Gasteiger partial charge in [0.25, 0.3) is 0 Å². The van der Waals surface area contributed by atoms with Gasteiger partial charge in [-0.3, -0.25) is 0 Å². The van der Waals surface area contributed by atoms with Gasteiger partial charge >= 0.3 is 0 Å². The van der Waals surface area contributed by atoms with Gasteiger partial charge in [-0.25, -0.2) is 10.0 Å². The van der Waals surface area contributed by atoms with E-state index in [4.69, 9.17) is 10.5 Å². The number of para-hydroxylation sites is 2. The number of hydrazone groups is 1. The highest BCUT2D eigenvalue weighted by atomic mass is 79.9. The van der Waals surface area contributed by atoms with Crippen molar-refractivity contribution < 1.29 is 0 Å². The van der Waals surface area contributed by atoms with E-state index in [0.29, 0.717) is 12.5 Å². The van der Waals surface area contributed by atoms with E-state index in [9.17, 15) is 0 Å². The van der Waals surface area contributed by atoms with E-state index in [2.05, 4.69) is 40.2 Å². The number of amidine groups is 1. The summed E-state index contributed by atoms with van der Waals surface area (Å²) >= 11 is 3.48. The van der Waals surface area contributed by atoms with E-state index in [-0.39, 0.29) is 0 Å². The number of hydrogen-bond acceptors (Lipinski definition) is 3. The molecule has 0 spiro atoms. The van der Waals surface area contributed by atoms with Crippen LogP contribution in [0.4, 0.5) is 11.4 Å². The lowest BCUT2D eigenvalue weighted by Gasteiger charge is -2.34. The Morgan fingerprint density at radius 2 is 1.24 bits per heavy atom. The van der Waals surface area contributed by atoms with E-state index in [1.807, 2.05) is 70.7 Å². The van der Waals surface area contributed by atoms with Crippen LogP contribution in [0.3, 0.4) is 0 Å². The molecule has 0 atom stereocenters. The van der Waals surface area contributed by atoms with Crippen LogP contribution in [0.15, 0.2) is 94.5 Å². The standard InChI is InChI=1S/C20H16BrN4/c21-17-13-11-16(12-14-17)20-22-24(18-7-3-1-4-8-18)15-25(23-20)19-9-5-2-6-10-19/h1-14H,15H2. The van der Waals surface area contributed by atoms with E-state index in [1.54, 1.807) is 0 Å². The summed E-state index contributed by atoms with van der Waals surface area (Å²) in [5, 5.41) is 8.69. The van der Waals surface area contributed by atoms with Crippen molar-refractivity contribution in [3.63, 3.8) is 0 Å². The van der Waals surface area contributed by atoms with Gasteiger partial charge in [-0.05, 0) is 48.5 Å². The lowest BCUT2D eigenvalue weighted by atomic mass is 10.2. The molecular weight excluding hydrogens is 376 g/mol. The fourth-order valence-electron chi connectivity index (χ4n) is 2.63. The molecule has 0 saturated heterocycles. The maximum Gasteiger partial charge on any atom is 0.199 e. The van der Waals surface area contributed by atoms with Crippen molar-refractivity contribution in [2.24, 2.45) is 5.10 Å². The van der Waals surface area contributed by atoms with Crippen LogP contribution in [-0.2, 0) is 0 Å². The highest BCUT2D eigenvalue weighted by molar-refractivity contribution is 9.10. The van der Waals surface area contributed by atoms with E-state index in [0.717, 1.165) is 21.4 Å². The third-order valence-corrected chi connectivity index (χ3v) is 4.44. The Labute approximate surface area is 155 Å². The van der Waals surface area contributed by atoms with Crippen LogP contribution in [0.5, 0.6) is 0 Å².